The van der Waals surface area contributed by atoms with Gasteiger partial charge in [0, 0.05) is 0 Å². The van der Waals surface area contributed by atoms with E-state index < -0.39 is 16.1 Å². The predicted octanol–water partition coefficient (Wildman–Crippen LogP) is 1.14. The zero-order chi connectivity index (χ0) is 13.8. The van der Waals surface area contributed by atoms with E-state index in [1.54, 1.807) is 26.0 Å². The average Bonchev–Trinajstić information content (AvgIpc) is 2.28. The highest BCUT2D eigenvalue weighted by atomic mass is 32.2. The van der Waals surface area contributed by atoms with Crippen LogP contribution in [0.15, 0.2) is 29.2 Å². The van der Waals surface area contributed by atoms with Crippen LogP contribution >= 0.6 is 0 Å². The number of nitrogens with one attached hydrogen (secondary N) is 1. The fourth-order valence-corrected chi connectivity index (χ4v) is 1.96. The quantitative estimate of drug-likeness (QED) is 0.858. The molecule has 1 unspecified atom stereocenters. The fourth-order valence-electron chi connectivity index (χ4n) is 1.39. The first kappa shape index (κ1) is 14.5. The van der Waals surface area contributed by atoms with Gasteiger partial charge in [0.2, 0.25) is 10.0 Å². The molecule has 6 nitrogen and oxygen atoms in total. The normalized spacial score (nSPS) is 12.8. The van der Waals surface area contributed by atoms with Crippen molar-refractivity contribution in [3.63, 3.8) is 0 Å². The first-order valence-corrected chi connectivity index (χ1v) is 6.95. The number of hydrogen-bond donors (Lipinski definition) is 2. The van der Waals surface area contributed by atoms with Gasteiger partial charge in [-0.1, -0.05) is 12.1 Å². The highest BCUT2D eigenvalue weighted by Crippen LogP contribution is 2.16. The van der Waals surface area contributed by atoms with E-state index in [4.69, 9.17) is 9.88 Å². The summed E-state index contributed by atoms with van der Waals surface area (Å²) < 4.78 is 27.1. The van der Waals surface area contributed by atoms with E-state index in [1.807, 2.05) is 0 Å². The summed E-state index contributed by atoms with van der Waals surface area (Å²) in [6, 6.07) is 5.72. The van der Waals surface area contributed by atoms with Crippen molar-refractivity contribution in [1.82, 2.24) is 5.32 Å². The Kier molecular flexibility index (Phi) is 4.69. The summed E-state index contributed by atoms with van der Waals surface area (Å²) in [6.45, 7) is 3.70. The zero-order valence-corrected chi connectivity index (χ0v) is 11.0. The van der Waals surface area contributed by atoms with Crippen molar-refractivity contribution >= 4 is 16.1 Å². The summed E-state index contributed by atoms with van der Waals surface area (Å²) in [6.07, 6.45) is -0.550. The van der Waals surface area contributed by atoms with E-state index in [0.717, 1.165) is 0 Å². The second-order valence-corrected chi connectivity index (χ2v) is 5.27. The van der Waals surface area contributed by atoms with Gasteiger partial charge in [0.15, 0.2) is 0 Å². The van der Waals surface area contributed by atoms with Crippen LogP contribution in [0.25, 0.3) is 0 Å². The minimum Gasteiger partial charge on any atom is -0.450 e. The summed E-state index contributed by atoms with van der Waals surface area (Å²) in [5, 5.41) is 7.61. The molecule has 0 aliphatic rings. The molecular weight excluding hydrogens is 256 g/mol. The maximum absolute atomic E-state index is 11.2. The van der Waals surface area contributed by atoms with Gasteiger partial charge in [-0.3, -0.25) is 0 Å². The average molecular weight is 272 g/mol. The molecule has 1 rings (SSSR count). The van der Waals surface area contributed by atoms with Crippen molar-refractivity contribution < 1.29 is 17.9 Å². The Morgan fingerprint density at radius 3 is 2.72 bits per heavy atom. The van der Waals surface area contributed by atoms with E-state index in [0.29, 0.717) is 5.56 Å². The lowest BCUT2D eigenvalue weighted by Gasteiger charge is -2.14. The summed E-state index contributed by atoms with van der Waals surface area (Å²) in [4.78, 5) is 11.2. The van der Waals surface area contributed by atoms with Crippen LogP contribution < -0.4 is 10.5 Å². The lowest BCUT2D eigenvalue weighted by Crippen LogP contribution is -2.27. The van der Waals surface area contributed by atoms with Crippen molar-refractivity contribution in [3.8, 4) is 0 Å². The number of carbonyl (C=O) groups excluding carboxylic acids is 1. The van der Waals surface area contributed by atoms with Gasteiger partial charge in [0.1, 0.15) is 0 Å². The third-order valence-corrected chi connectivity index (χ3v) is 3.21. The van der Waals surface area contributed by atoms with Crippen LogP contribution in [0.3, 0.4) is 0 Å². The molecule has 0 aliphatic carbocycles. The monoisotopic (exact) mass is 272 g/mol. The van der Waals surface area contributed by atoms with Crippen LogP contribution in [-0.4, -0.2) is 21.1 Å². The van der Waals surface area contributed by atoms with Crippen molar-refractivity contribution in [1.29, 1.82) is 0 Å². The molecule has 0 radical (unpaired) electrons. The lowest BCUT2D eigenvalue weighted by molar-refractivity contribution is 0.149. The molecule has 0 spiro atoms. The molecule has 0 fully saturated rings. The van der Waals surface area contributed by atoms with E-state index in [9.17, 15) is 13.2 Å². The second-order valence-electron chi connectivity index (χ2n) is 3.70. The molecule has 0 saturated carbocycles. The Morgan fingerprint density at radius 1 is 1.50 bits per heavy atom. The lowest BCUT2D eigenvalue weighted by atomic mass is 10.1. The number of sulfonamides is 1. The number of alkyl carbamates (subject to hydrolysis) is 1. The molecule has 0 aromatic heterocycles. The number of hydrogen-bond acceptors (Lipinski definition) is 4. The van der Waals surface area contributed by atoms with Gasteiger partial charge in [-0.25, -0.2) is 18.4 Å². The first-order chi connectivity index (χ1) is 8.34. The standard InChI is InChI=1S/C11H16N2O4S/c1-3-17-11(14)13-8(2)9-5-4-6-10(7-9)18(12,15)16/h4-8H,3H2,1-2H3,(H,13,14)(H2,12,15,16). The van der Waals surface area contributed by atoms with Gasteiger partial charge in [-0.15, -0.1) is 0 Å². The van der Waals surface area contributed by atoms with E-state index in [2.05, 4.69) is 5.32 Å². The third kappa shape index (κ3) is 4.01. The Bertz CT molecular complexity index is 528. The number of rotatable bonds is 4. The highest BCUT2D eigenvalue weighted by molar-refractivity contribution is 7.89. The minimum absolute atomic E-state index is 0.0116. The van der Waals surface area contributed by atoms with Crippen LogP contribution in [0.2, 0.25) is 0 Å². The van der Waals surface area contributed by atoms with E-state index in [-0.39, 0.29) is 17.5 Å². The Hall–Kier alpha value is -1.60. The number of nitrogens with two attached hydrogens (primary N) is 1. The number of primary sulfonamides is 1. The van der Waals surface area contributed by atoms with Crippen LogP contribution in [0.4, 0.5) is 4.79 Å². The molecule has 1 amide bonds. The van der Waals surface area contributed by atoms with Gasteiger partial charge >= 0.3 is 6.09 Å². The largest absolute Gasteiger partial charge is 0.450 e. The minimum atomic E-state index is -3.74. The van der Waals surface area contributed by atoms with E-state index >= 15 is 0 Å². The Labute approximate surface area is 106 Å². The molecule has 7 heteroatoms. The summed E-state index contributed by atoms with van der Waals surface area (Å²) in [5.74, 6) is 0. The molecule has 18 heavy (non-hydrogen) atoms. The molecule has 3 N–H and O–H groups in total. The Balaban J connectivity index is 2.87. The van der Waals surface area contributed by atoms with Crippen molar-refractivity contribution in [2.75, 3.05) is 6.61 Å². The summed E-state index contributed by atoms with van der Waals surface area (Å²) >= 11 is 0. The molecule has 1 atom stereocenters. The summed E-state index contributed by atoms with van der Waals surface area (Å²) in [7, 11) is -3.74. The van der Waals surface area contributed by atoms with Gasteiger partial charge in [0.05, 0.1) is 17.5 Å². The maximum atomic E-state index is 11.2. The van der Waals surface area contributed by atoms with Crippen molar-refractivity contribution in [2.24, 2.45) is 5.14 Å². The number of amides is 1. The zero-order valence-electron chi connectivity index (χ0n) is 10.2. The van der Waals surface area contributed by atoms with Gasteiger partial charge in [-0.05, 0) is 31.5 Å². The molecule has 1 aromatic rings. The molecule has 0 aliphatic heterocycles. The second kappa shape index (κ2) is 5.83. The van der Waals surface area contributed by atoms with E-state index in [1.165, 1.54) is 12.1 Å². The highest BCUT2D eigenvalue weighted by Gasteiger charge is 2.13. The molecule has 1 aromatic carbocycles. The summed E-state index contributed by atoms with van der Waals surface area (Å²) in [5.41, 5.74) is 0.634. The van der Waals surface area contributed by atoms with Crippen LogP contribution in [-0.2, 0) is 14.8 Å². The molecule has 0 heterocycles. The first-order valence-electron chi connectivity index (χ1n) is 5.40. The maximum Gasteiger partial charge on any atom is 0.407 e. The predicted molar refractivity (Wildman–Crippen MR) is 66.4 cm³/mol. The van der Waals surface area contributed by atoms with Crippen molar-refractivity contribution in [2.45, 2.75) is 24.8 Å². The molecule has 0 bridgehead atoms. The smallest absolute Gasteiger partial charge is 0.407 e. The van der Waals surface area contributed by atoms with Crippen LogP contribution in [0, 0.1) is 0 Å². The number of benzene rings is 1. The van der Waals surface area contributed by atoms with Gasteiger partial charge in [0.25, 0.3) is 0 Å². The molecule has 100 valence electrons. The van der Waals surface area contributed by atoms with Crippen molar-refractivity contribution in [3.05, 3.63) is 29.8 Å². The molecule has 0 saturated heterocycles. The Morgan fingerprint density at radius 2 is 2.17 bits per heavy atom. The topological polar surface area (TPSA) is 98.5 Å². The number of carbonyl (C=O) groups is 1. The fraction of sp³-hybridized carbons (Fsp3) is 0.364. The molecular formula is C11H16N2O4S. The van der Waals surface area contributed by atoms with Crippen LogP contribution in [0.1, 0.15) is 25.5 Å². The van der Waals surface area contributed by atoms with Gasteiger partial charge < -0.3 is 10.1 Å². The van der Waals surface area contributed by atoms with Crippen LogP contribution in [0.5, 0.6) is 0 Å². The van der Waals surface area contributed by atoms with Gasteiger partial charge in [-0.2, -0.15) is 0 Å². The third-order valence-electron chi connectivity index (χ3n) is 2.30. The SMILES string of the molecule is CCOC(=O)NC(C)c1cccc(S(N)(=O)=O)c1. The number of ether oxygens (including phenoxy) is 1.